The minimum atomic E-state index is 0.102. The highest BCUT2D eigenvalue weighted by atomic mass is 16.5. The molecule has 0 unspecified atom stereocenters. The highest BCUT2D eigenvalue weighted by molar-refractivity contribution is 5.50. The van der Waals surface area contributed by atoms with Crippen LogP contribution in [-0.2, 0) is 6.61 Å². The Hall–Kier alpha value is -2.10. The zero-order chi connectivity index (χ0) is 13.0. The second-order valence-corrected chi connectivity index (χ2v) is 4.27. The van der Waals surface area contributed by atoms with Crippen molar-refractivity contribution in [3.8, 4) is 11.5 Å². The molecule has 0 atom stereocenters. The van der Waals surface area contributed by atoms with E-state index in [9.17, 15) is 0 Å². The Balaban J connectivity index is 2.05. The zero-order valence-electron chi connectivity index (χ0n) is 10.6. The monoisotopic (exact) mass is 247 g/mol. The molecule has 0 aliphatic heterocycles. The zero-order valence-corrected chi connectivity index (χ0v) is 10.6. The van der Waals surface area contributed by atoms with E-state index < -0.39 is 0 Å². The maximum Gasteiger partial charge on any atom is 0.146 e. The van der Waals surface area contributed by atoms with Gasteiger partial charge in [0.15, 0.2) is 0 Å². The van der Waals surface area contributed by atoms with Gasteiger partial charge in [-0.15, -0.1) is 0 Å². The average molecular weight is 247 g/mol. The number of rotatable bonds is 5. The van der Waals surface area contributed by atoms with Gasteiger partial charge in [-0.3, -0.25) is 0 Å². The van der Waals surface area contributed by atoms with E-state index in [1.54, 1.807) is 18.4 Å². The van der Waals surface area contributed by atoms with Crippen molar-refractivity contribution in [1.29, 1.82) is 0 Å². The number of nitrogens with two attached hydrogens (primary N) is 1. The number of hydrogen-bond donors (Lipinski definition) is 1. The molecule has 4 heteroatoms. The first-order valence-electron chi connectivity index (χ1n) is 5.86. The van der Waals surface area contributed by atoms with Gasteiger partial charge in [-0.2, -0.15) is 0 Å². The van der Waals surface area contributed by atoms with Crippen LogP contribution >= 0.6 is 0 Å². The molecule has 0 saturated carbocycles. The minimum Gasteiger partial charge on any atom is -0.491 e. The molecule has 4 nitrogen and oxygen atoms in total. The second-order valence-electron chi connectivity index (χ2n) is 4.27. The van der Waals surface area contributed by atoms with Crippen molar-refractivity contribution in [2.24, 2.45) is 0 Å². The molecule has 0 radical (unpaired) electrons. The number of furan rings is 1. The first-order valence-corrected chi connectivity index (χ1v) is 5.86. The molecule has 18 heavy (non-hydrogen) atoms. The number of anilines is 1. The van der Waals surface area contributed by atoms with Gasteiger partial charge in [0.25, 0.3) is 0 Å². The van der Waals surface area contributed by atoms with Crippen molar-refractivity contribution in [2.75, 3.05) is 5.73 Å². The Kier molecular flexibility index (Phi) is 3.77. The summed E-state index contributed by atoms with van der Waals surface area (Å²) in [5.74, 6) is 2.14. The standard InChI is InChI=1S/C14H17NO3/c1-10(2)18-14-7-11(15)6-13(8-14)17-9-12-4-3-5-16-12/h3-8,10H,9,15H2,1-2H3. The van der Waals surface area contributed by atoms with Gasteiger partial charge in [0.2, 0.25) is 0 Å². The van der Waals surface area contributed by atoms with Gasteiger partial charge in [0, 0.05) is 23.9 Å². The first-order chi connectivity index (χ1) is 8.63. The van der Waals surface area contributed by atoms with Crippen molar-refractivity contribution in [3.63, 3.8) is 0 Å². The molecular formula is C14H17NO3. The lowest BCUT2D eigenvalue weighted by atomic mass is 10.3. The van der Waals surface area contributed by atoms with E-state index >= 15 is 0 Å². The summed E-state index contributed by atoms with van der Waals surface area (Å²) in [6, 6.07) is 9.04. The third-order valence-electron chi connectivity index (χ3n) is 2.24. The van der Waals surface area contributed by atoms with Gasteiger partial charge in [0.05, 0.1) is 12.4 Å². The van der Waals surface area contributed by atoms with E-state index in [4.69, 9.17) is 19.6 Å². The van der Waals surface area contributed by atoms with Gasteiger partial charge in [-0.05, 0) is 26.0 Å². The lowest BCUT2D eigenvalue weighted by Crippen LogP contribution is -2.06. The van der Waals surface area contributed by atoms with E-state index in [1.807, 2.05) is 32.0 Å². The molecule has 96 valence electrons. The minimum absolute atomic E-state index is 0.102. The highest BCUT2D eigenvalue weighted by Crippen LogP contribution is 2.25. The lowest BCUT2D eigenvalue weighted by Gasteiger charge is -2.12. The first kappa shape index (κ1) is 12.4. The molecule has 0 fully saturated rings. The quantitative estimate of drug-likeness (QED) is 0.824. The molecule has 0 aliphatic carbocycles. The summed E-state index contributed by atoms with van der Waals surface area (Å²) in [6.45, 7) is 4.30. The fourth-order valence-corrected chi connectivity index (χ4v) is 1.57. The number of nitrogen functional groups attached to an aromatic ring is 1. The fourth-order valence-electron chi connectivity index (χ4n) is 1.57. The van der Waals surface area contributed by atoms with E-state index in [1.165, 1.54) is 0 Å². The number of ether oxygens (including phenoxy) is 2. The highest BCUT2D eigenvalue weighted by Gasteiger charge is 2.04. The van der Waals surface area contributed by atoms with Gasteiger partial charge in [-0.25, -0.2) is 0 Å². The topological polar surface area (TPSA) is 57.6 Å². The van der Waals surface area contributed by atoms with Crippen LogP contribution in [0.1, 0.15) is 19.6 Å². The molecule has 0 saturated heterocycles. The van der Waals surface area contributed by atoms with Crippen LogP contribution in [0.3, 0.4) is 0 Å². The van der Waals surface area contributed by atoms with Crippen molar-refractivity contribution < 1.29 is 13.9 Å². The van der Waals surface area contributed by atoms with Crippen LogP contribution in [0.5, 0.6) is 11.5 Å². The van der Waals surface area contributed by atoms with Crippen LogP contribution in [0.15, 0.2) is 41.0 Å². The number of hydrogen-bond acceptors (Lipinski definition) is 4. The Morgan fingerprint density at radius 3 is 2.67 bits per heavy atom. The molecule has 0 amide bonds. The van der Waals surface area contributed by atoms with E-state index in [0.717, 1.165) is 5.76 Å². The molecule has 1 aromatic carbocycles. The van der Waals surface area contributed by atoms with E-state index in [2.05, 4.69) is 0 Å². The van der Waals surface area contributed by atoms with Crippen LogP contribution in [0.25, 0.3) is 0 Å². The van der Waals surface area contributed by atoms with Crippen molar-refractivity contribution in [3.05, 3.63) is 42.4 Å². The Morgan fingerprint density at radius 2 is 2.00 bits per heavy atom. The Bertz CT molecular complexity index is 492. The predicted octanol–water partition coefficient (Wildman–Crippen LogP) is 3.23. The molecule has 2 rings (SSSR count). The SMILES string of the molecule is CC(C)Oc1cc(N)cc(OCc2ccco2)c1. The number of benzene rings is 1. The summed E-state index contributed by atoms with van der Waals surface area (Å²) in [5.41, 5.74) is 6.41. The second kappa shape index (κ2) is 5.49. The van der Waals surface area contributed by atoms with Crippen LogP contribution in [-0.4, -0.2) is 6.10 Å². The van der Waals surface area contributed by atoms with Crippen LogP contribution < -0.4 is 15.2 Å². The third kappa shape index (κ3) is 3.45. The van der Waals surface area contributed by atoms with Crippen molar-refractivity contribution >= 4 is 5.69 Å². The summed E-state index contributed by atoms with van der Waals surface area (Å²) >= 11 is 0. The smallest absolute Gasteiger partial charge is 0.146 e. The van der Waals surface area contributed by atoms with Crippen LogP contribution in [0, 0.1) is 0 Å². The summed E-state index contributed by atoms with van der Waals surface area (Å²) in [6.07, 6.45) is 1.72. The van der Waals surface area contributed by atoms with Gasteiger partial charge >= 0.3 is 0 Å². The Morgan fingerprint density at radius 1 is 1.22 bits per heavy atom. The van der Waals surface area contributed by atoms with Crippen LogP contribution in [0.2, 0.25) is 0 Å². The Labute approximate surface area is 106 Å². The summed E-state index contributed by atoms with van der Waals surface area (Å²) in [4.78, 5) is 0. The maximum atomic E-state index is 5.80. The summed E-state index contributed by atoms with van der Waals surface area (Å²) < 4.78 is 16.4. The molecule has 2 N–H and O–H groups in total. The molecular weight excluding hydrogens is 230 g/mol. The van der Waals surface area contributed by atoms with Gasteiger partial charge in [0.1, 0.15) is 23.9 Å². The molecule has 0 aliphatic rings. The van der Waals surface area contributed by atoms with Crippen molar-refractivity contribution in [2.45, 2.75) is 26.6 Å². The van der Waals surface area contributed by atoms with E-state index in [0.29, 0.717) is 23.8 Å². The largest absolute Gasteiger partial charge is 0.491 e. The average Bonchev–Trinajstić information content (AvgIpc) is 2.77. The normalized spacial score (nSPS) is 10.6. The maximum absolute atomic E-state index is 5.80. The summed E-state index contributed by atoms with van der Waals surface area (Å²) in [5, 5.41) is 0. The predicted molar refractivity (Wildman–Crippen MR) is 69.7 cm³/mol. The van der Waals surface area contributed by atoms with Crippen molar-refractivity contribution in [1.82, 2.24) is 0 Å². The van der Waals surface area contributed by atoms with Gasteiger partial charge in [-0.1, -0.05) is 0 Å². The molecule has 0 bridgehead atoms. The lowest BCUT2D eigenvalue weighted by molar-refractivity contribution is 0.237. The molecule has 0 spiro atoms. The molecule has 1 heterocycles. The molecule has 2 aromatic rings. The summed E-state index contributed by atoms with van der Waals surface area (Å²) in [7, 11) is 0. The van der Waals surface area contributed by atoms with E-state index in [-0.39, 0.29) is 6.10 Å². The third-order valence-corrected chi connectivity index (χ3v) is 2.24. The van der Waals surface area contributed by atoms with Crippen LogP contribution in [0.4, 0.5) is 5.69 Å². The molecule has 1 aromatic heterocycles. The van der Waals surface area contributed by atoms with Gasteiger partial charge < -0.3 is 19.6 Å². The fraction of sp³-hybridized carbons (Fsp3) is 0.286.